The highest BCUT2D eigenvalue weighted by Gasteiger charge is 2.53. The Bertz CT molecular complexity index is 1050. The molecule has 0 radical (unpaired) electrons. The topological polar surface area (TPSA) is 176 Å². The third kappa shape index (κ3) is 4.53. The summed E-state index contributed by atoms with van der Waals surface area (Å²) in [5, 5.41) is 23.5. The summed E-state index contributed by atoms with van der Waals surface area (Å²) in [4.78, 5) is 48.8. The lowest BCUT2D eigenvalue weighted by Crippen LogP contribution is -2.41. The average molecular weight is 438 g/mol. The van der Waals surface area contributed by atoms with Gasteiger partial charge in [-0.3, -0.25) is 24.5 Å². The first-order valence-corrected chi connectivity index (χ1v) is 8.96. The van der Waals surface area contributed by atoms with Crippen LogP contribution in [0, 0.1) is 15.3 Å². The maximum Gasteiger partial charge on any atom is 0.314 e. The largest absolute Gasteiger partial charge is 0.710 e. The van der Waals surface area contributed by atoms with E-state index in [0.717, 1.165) is 26.1 Å². The van der Waals surface area contributed by atoms with Gasteiger partial charge in [-0.15, -0.1) is 0 Å². The van der Waals surface area contributed by atoms with Crippen molar-refractivity contribution >= 4 is 34.8 Å². The van der Waals surface area contributed by atoms with E-state index in [1.807, 2.05) is 0 Å². The molecule has 1 fully saturated rings. The highest BCUT2D eigenvalue weighted by Crippen LogP contribution is 2.36. The third-order valence-corrected chi connectivity index (χ3v) is 4.36. The van der Waals surface area contributed by atoms with E-state index in [9.17, 15) is 29.7 Å². The summed E-state index contributed by atoms with van der Waals surface area (Å²) in [7, 11) is 0. The monoisotopic (exact) mass is 438 g/mol. The van der Waals surface area contributed by atoms with Crippen molar-refractivity contribution in [3.63, 3.8) is 0 Å². The van der Waals surface area contributed by atoms with Gasteiger partial charge in [-0.05, 0) is 0 Å². The average Bonchev–Trinajstić information content (AvgIpc) is 3.21. The standard InChI is InChI=1S/C17H18N4O10/c1-8(22)28-6-13-14(29-9(2)23)15(30-10(3)24)17(31-13)19-7-18-12-4-11(21(26)27)5-20(25)16(12)19/h4-5,7,13-15,17H,6H2,1-3H3/t13-,14-,15-,17-/m1/s1. The number of imidazole rings is 1. The minimum Gasteiger partial charge on any atom is -0.710 e. The van der Waals surface area contributed by atoms with Crippen LogP contribution in [0.1, 0.15) is 27.0 Å². The Labute approximate surface area is 174 Å². The normalized spacial score (nSPS) is 22.8. The number of carbonyl (C=O) groups excluding carboxylic acids is 3. The first-order valence-electron chi connectivity index (χ1n) is 8.96. The van der Waals surface area contributed by atoms with Crippen molar-refractivity contribution in [1.29, 1.82) is 0 Å². The number of carbonyl (C=O) groups is 3. The first-order chi connectivity index (χ1) is 14.6. The van der Waals surface area contributed by atoms with Gasteiger partial charge in [0.05, 0.1) is 11.0 Å². The number of rotatable bonds is 6. The van der Waals surface area contributed by atoms with Gasteiger partial charge in [-0.2, -0.15) is 4.57 Å². The van der Waals surface area contributed by atoms with E-state index in [1.54, 1.807) is 0 Å². The van der Waals surface area contributed by atoms with Gasteiger partial charge in [-0.1, -0.05) is 0 Å². The van der Waals surface area contributed by atoms with E-state index >= 15 is 0 Å². The fraction of sp³-hybridized carbons (Fsp3) is 0.471. The minimum absolute atomic E-state index is 0.0122. The molecule has 0 saturated carbocycles. The Morgan fingerprint density at radius 2 is 1.84 bits per heavy atom. The Morgan fingerprint density at radius 1 is 1.19 bits per heavy atom. The fourth-order valence-corrected chi connectivity index (χ4v) is 3.26. The molecule has 0 aliphatic carbocycles. The van der Waals surface area contributed by atoms with Crippen LogP contribution in [0.2, 0.25) is 0 Å². The molecule has 1 aliphatic heterocycles. The van der Waals surface area contributed by atoms with Gasteiger partial charge in [0.25, 0.3) is 0 Å². The van der Waals surface area contributed by atoms with E-state index in [2.05, 4.69) is 4.98 Å². The number of hydrogen-bond acceptors (Lipinski definition) is 11. The van der Waals surface area contributed by atoms with Crippen molar-refractivity contribution in [2.45, 2.75) is 45.3 Å². The van der Waals surface area contributed by atoms with Gasteiger partial charge >= 0.3 is 29.2 Å². The van der Waals surface area contributed by atoms with E-state index in [-0.39, 0.29) is 22.5 Å². The summed E-state index contributed by atoms with van der Waals surface area (Å²) in [6, 6.07) is 1.09. The van der Waals surface area contributed by atoms with Crippen LogP contribution in [0.5, 0.6) is 0 Å². The van der Waals surface area contributed by atoms with Crippen molar-refractivity contribution < 1.29 is 43.0 Å². The van der Waals surface area contributed by atoms with Crippen molar-refractivity contribution in [2.75, 3.05) is 6.61 Å². The van der Waals surface area contributed by atoms with Crippen molar-refractivity contribution in [3.05, 3.63) is 33.9 Å². The number of ether oxygens (including phenoxy) is 4. The number of hydrogen-bond donors (Lipinski definition) is 0. The maximum absolute atomic E-state index is 12.5. The zero-order chi connectivity index (χ0) is 22.9. The van der Waals surface area contributed by atoms with Crippen LogP contribution < -0.4 is 4.73 Å². The number of pyridine rings is 1. The molecule has 0 unspecified atom stereocenters. The van der Waals surface area contributed by atoms with Gasteiger partial charge in [0.2, 0.25) is 12.3 Å². The molecule has 4 atom stereocenters. The minimum atomic E-state index is -1.23. The van der Waals surface area contributed by atoms with E-state index < -0.39 is 53.1 Å². The Balaban J connectivity index is 2.06. The molecule has 31 heavy (non-hydrogen) atoms. The lowest BCUT2D eigenvalue weighted by molar-refractivity contribution is -0.585. The summed E-state index contributed by atoms with van der Waals surface area (Å²) in [6.07, 6.45) is -2.71. The van der Waals surface area contributed by atoms with E-state index in [4.69, 9.17) is 18.9 Å². The molecule has 0 spiro atoms. The summed E-state index contributed by atoms with van der Waals surface area (Å²) < 4.78 is 22.8. The van der Waals surface area contributed by atoms with Gasteiger partial charge in [0.15, 0.2) is 24.1 Å². The number of esters is 3. The van der Waals surface area contributed by atoms with Gasteiger partial charge in [0.1, 0.15) is 12.7 Å². The molecule has 0 amide bonds. The van der Waals surface area contributed by atoms with Crippen LogP contribution in [-0.4, -0.2) is 57.3 Å². The zero-order valence-electron chi connectivity index (χ0n) is 16.6. The van der Waals surface area contributed by atoms with E-state index in [0.29, 0.717) is 0 Å². The zero-order valence-corrected chi connectivity index (χ0v) is 16.6. The lowest BCUT2D eigenvalue weighted by atomic mass is 10.1. The van der Waals surface area contributed by atoms with Crippen molar-refractivity contribution in [2.24, 2.45) is 0 Å². The van der Waals surface area contributed by atoms with Crippen molar-refractivity contribution in [1.82, 2.24) is 9.55 Å². The second-order valence-electron chi connectivity index (χ2n) is 6.66. The molecule has 0 bridgehead atoms. The fourth-order valence-electron chi connectivity index (χ4n) is 3.26. The maximum atomic E-state index is 12.5. The second-order valence-corrected chi connectivity index (χ2v) is 6.66. The molecular formula is C17H18N4O10. The van der Waals surface area contributed by atoms with Crippen LogP contribution in [-0.2, 0) is 33.3 Å². The van der Waals surface area contributed by atoms with Crippen molar-refractivity contribution in [3.8, 4) is 0 Å². The lowest BCUT2D eigenvalue weighted by Gasteiger charge is -2.22. The summed E-state index contributed by atoms with van der Waals surface area (Å²) in [5.74, 6) is -2.04. The first kappa shape index (κ1) is 21.9. The highest BCUT2D eigenvalue weighted by molar-refractivity contribution is 5.70. The summed E-state index contributed by atoms with van der Waals surface area (Å²) in [6.45, 7) is 3.12. The van der Waals surface area contributed by atoms with Crippen LogP contribution in [0.15, 0.2) is 18.6 Å². The molecule has 0 N–H and O–H groups in total. The van der Waals surface area contributed by atoms with Gasteiger partial charge < -0.3 is 24.2 Å². The Hall–Kier alpha value is -3.81. The quantitative estimate of drug-likeness (QED) is 0.147. The molecular weight excluding hydrogens is 420 g/mol. The molecule has 3 rings (SSSR count). The highest BCUT2D eigenvalue weighted by atomic mass is 16.7. The van der Waals surface area contributed by atoms with Crippen LogP contribution in [0.3, 0.4) is 0 Å². The SMILES string of the molecule is CC(=O)OC[C@H]1O[C@@H](n2cnc3cc([N+](=O)[O-])c[n+]([O-])c32)[C@H](OC(C)=O)[C@@H]1OC(C)=O. The predicted molar refractivity (Wildman–Crippen MR) is 97.0 cm³/mol. The molecule has 2 aromatic heterocycles. The summed E-state index contributed by atoms with van der Waals surface area (Å²) >= 11 is 0. The Morgan fingerprint density at radius 3 is 2.42 bits per heavy atom. The predicted octanol–water partition coefficient (Wildman–Crippen LogP) is -0.0982. The molecule has 1 aliphatic rings. The Kier molecular flexibility index (Phi) is 6.01. The molecule has 3 heterocycles. The molecule has 14 heteroatoms. The molecule has 14 nitrogen and oxygen atoms in total. The van der Waals surface area contributed by atoms with Crippen LogP contribution in [0.25, 0.3) is 11.2 Å². The molecule has 0 aromatic carbocycles. The van der Waals surface area contributed by atoms with E-state index in [1.165, 1.54) is 17.8 Å². The van der Waals surface area contributed by atoms with Crippen LogP contribution in [0.4, 0.5) is 5.69 Å². The number of fused-ring (bicyclic) bond motifs is 1. The molecule has 2 aromatic rings. The number of aromatic nitrogens is 3. The second kappa shape index (κ2) is 8.51. The molecule has 1 saturated heterocycles. The third-order valence-electron chi connectivity index (χ3n) is 4.36. The van der Waals surface area contributed by atoms with Gasteiger partial charge in [-0.25, -0.2) is 9.71 Å². The van der Waals surface area contributed by atoms with Gasteiger partial charge in [0, 0.05) is 20.8 Å². The smallest absolute Gasteiger partial charge is 0.314 e. The number of nitro groups is 1. The summed E-state index contributed by atoms with van der Waals surface area (Å²) in [5.41, 5.74) is -0.605. The number of nitrogens with zero attached hydrogens (tertiary/aromatic N) is 4. The molecule has 166 valence electrons. The van der Waals surface area contributed by atoms with Crippen LogP contribution >= 0.6 is 0 Å².